The van der Waals surface area contributed by atoms with Crippen LogP contribution < -0.4 is 0 Å². The first-order chi connectivity index (χ1) is 8.13. The molecule has 84 valence electrons. The predicted octanol–water partition coefficient (Wildman–Crippen LogP) is 0.541. The monoisotopic (exact) mass is 229 g/mol. The third-order valence-electron chi connectivity index (χ3n) is 2.13. The minimum absolute atomic E-state index is 0.0690. The van der Waals surface area contributed by atoms with Crippen LogP contribution in [0.5, 0.6) is 0 Å². The number of carboxylic acids is 1. The molecule has 2 aromatic rings. The molecule has 0 aliphatic heterocycles. The van der Waals surface area contributed by atoms with Crippen LogP contribution in [0, 0.1) is 18.3 Å². The summed E-state index contributed by atoms with van der Waals surface area (Å²) in [4.78, 5) is 18.6. The maximum Gasteiger partial charge on any atom is 0.339 e. The lowest BCUT2D eigenvalue weighted by molar-refractivity contribution is 0.0696. The van der Waals surface area contributed by atoms with E-state index < -0.39 is 5.97 Å². The third kappa shape index (κ3) is 1.83. The summed E-state index contributed by atoms with van der Waals surface area (Å²) >= 11 is 0. The van der Waals surface area contributed by atoms with Crippen LogP contribution in [0.1, 0.15) is 21.7 Å². The molecule has 0 bridgehead atoms. The summed E-state index contributed by atoms with van der Waals surface area (Å²) in [6, 6.07) is 1.87. The molecule has 2 heterocycles. The summed E-state index contributed by atoms with van der Waals surface area (Å²) in [6.45, 7) is 1.57. The zero-order valence-corrected chi connectivity index (χ0v) is 8.82. The van der Waals surface area contributed by atoms with E-state index in [4.69, 9.17) is 10.4 Å². The van der Waals surface area contributed by atoms with Crippen molar-refractivity contribution in [2.75, 3.05) is 0 Å². The van der Waals surface area contributed by atoms with E-state index >= 15 is 0 Å². The molecule has 0 aliphatic rings. The topological polar surface area (TPSA) is 105 Å². The summed E-state index contributed by atoms with van der Waals surface area (Å²) in [6.07, 6.45) is 4.10. The lowest BCUT2D eigenvalue weighted by atomic mass is 10.3. The van der Waals surface area contributed by atoms with Crippen molar-refractivity contribution in [3.63, 3.8) is 0 Å². The molecule has 2 rings (SSSR count). The van der Waals surface area contributed by atoms with E-state index in [2.05, 4.69) is 15.1 Å². The second-order valence-corrected chi connectivity index (χ2v) is 3.22. The molecule has 0 aliphatic carbocycles. The molecule has 17 heavy (non-hydrogen) atoms. The predicted molar refractivity (Wildman–Crippen MR) is 55.6 cm³/mol. The standard InChI is InChI=1S/C10H7N5O2/c1-6-7(10(16)17)5-15(14-6)9-8(4-11)12-2-3-13-9/h2-3,5H,1H3,(H,16,17). The third-order valence-corrected chi connectivity index (χ3v) is 2.13. The van der Waals surface area contributed by atoms with Gasteiger partial charge in [-0.2, -0.15) is 10.4 Å². The number of rotatable bonds is 2. The fraction of sp³-hybridized carbons (Fsp3) is 0.100. The molecule has 0 aromatic carbocycles. The van der Waals surface area contributed by atoms with Crippen molar-refractivity contribution in [1.82, 2.24) is 19.7 Å². The summed E-state index contributed by atoms with van der Waals surface area (Å²) in [7, 11) is 0. The van der Waals surface area contributed by atoms with Gasteiger partial charge >= 0.3 is 5.97 Å². The molecule has 1 N–H and O–H groups in total. The van der Waals surface area contributed by atoms with Gasteiger partial charge in [-0.3, -0.25) is 0 Å². The number of carbonyl (C=O) groups is 1. The highest BCUT2D eigenvalue weighted by atomic mass is 16.4. The summed E-state index contributed by atoms with van der Waals surface area (Å²) in [5, 5.41) is 21.7. The molecule has 2 aromatic heterocycles. The van der Waals surface area contributed by atoms with Gasteiger partial charge in [-0.05, 0) is 6.92 Å². The molecule has 0 saturated carbocycles. The number of aromatic nitrogens is 4. The van der Waals surface area contributed by atoms with E-state index in [1.165, 1.54) is 23.3 Å². The first-order valence-electron chi connectivity index (χ1n) is 4.64. The Morgan fingerprint density at radius 1 is 1.47 bits per heavy atom. The fourth-order valence-electron chi connectivity index (χ4n) is 1.36. The molecule has 0 radical (unpaired) electrons. The van der Waals surface area contributed by atoms with E-state index in [1.54, 1.807) is 6.92 Å². The van der Waals surface area contributed by atoms with Crippen molar-refractivity contribution < 1.29 is 9.90 Å². The fourth-order valence-corrected chi connectivity index (χ4v) is 1.36. The summed E-state index contributed by atoms with van der Waals surface area (Å²) in [5.74, 6) is -0.859. The van der Waals surface area contributed by atoms with Crippen molar-refractivity contribution in [2.45, 2.75) is 6.92 Å². The van der Waals surface area contributed by atoms with E-state index in [0.717, 1.165) is 0 Å². The number of nitrogens with zero attached hydrogens (tertiary/aromatic N) is 5. The minimum atomic E-state index is -1.07. The number of aryl methyl sites for hydroxylation is 1. The summed E-state index contributed by atoms with van der Waals surface area (Å²) < 4.78 is 1.24. The van der Waals surface area contributed by atoms with Crippen molar-refractivity contribution in [3.05, 3.63) is 35.5 Å². The summed E-state index contributed by atoms with van der Waals surface area (Å²) in [5.41, 5.74) is 0.513. The van der Waals surface area contributed by atoms with E-state index in [-0.39, 0.29) is 17.1 Å². The highest BCUT2D eigenvalue weighted by Gasteiger charge is 2.15. The van der Waals surface area contributed by atoms with E-state index in [0.29, 0.717) is 5.69 Å². The lowest BCUT2D eigenvalue weighted by Gasteiger charge is -1.99. The van der Waals surface area contributed by atoms with Crippen molar-refractivity contribution in [1.29, 1.82) is 5.26 Å². The molecule has 0 unspecified atom stereocenters. The Kier molecular flexibility index (Phi) is 2.54. The molecule has 0 fully saturated rings. The zero-order valence-electron chi connectivity index (χ0n) is 8.82. The second kappa shape index (κ2) is 4.02. The quantitative estimate of drug-likeness (QED) is 0.805. The van der Waals surface area contributed by atoms with E-state index in [1.807, 2.05) is 6.07 Å². The van der Waals surface area contributed by atoms with Crippen molar-refractivity contribution >= 4 is 5.97 Å². The Balaban J connectivity index is 2.58. The second-order valence-electron chi connectivity index (χ2n) is 3.22. The van der Waals surface area contributed by atoms with Crippen LogP contribution in [-0.4, -0.2) is 30.8 Å². The average Bonchev–Trinajstić information content (AvgIpc) is 2.71. The highest BCUT2D eigenvalue weighted by Crippen LogP contribution is 2.11. The maximum absolute atomic E-state index is 10.9. The molecule has 0 saturated heterocycles. The Bertz CT molecular complexity index is 626. The van der Waals surface area contributed by atoms with Crippen molar-refractivity contribution in [2.24, 2.45) is 0 Å². The van der Waals surface area contributed by atoms with Crippen LogP contribution in [0.3, 0.4) is 0 Å². The van der Waals surface area contributed by atoms with Gasteiger partial charge in [0.05, 0.1) is 5.69 Å². The normalized spacial score (nSPS) is 9.88. The van der Waals surface area contributed by atoms with Crippen molar-refractivity contribution in [3.8, 4) is 11.9 Å². The number of carboxylic acid groups (broad SMARTS) is 1. The van der Waals surface area contributed by atoms with Gasteiger partial charge in [-0.25, -0.2) is 19.4 Å². The Morgan fingerprint density at radius 2 is 2.18 bits per heavy atom. The molecular formula is C10H7N5O2. The Labute approximate surface area is 96.0 Å². The van der Waals surface area contributed by atoms with Crippen LogP contribution in [0.25, 0.3) is 5.82 Å². The maximum atomic E-state index is 10.9. The number of aromatic carboxylic acids is 1. The number of hydrogen-bond donors (Lipinski definition) is 1. The largest absolute Gasteiger partial charge is 0.478 e. The van der Waals surface area contributed by atoms with Gasteiger partial charge in [0.2, 0.25) is 0 Å². The lowest BCUT2D eigenvalue weighted by Crippen LogP contribution is -2.03. The minimum Gasteiger partial charge on any atom is -0.478 e. The van der Waals surface area contributed by atoms with Gasteiger partial charge < -0.3 is 5.11 Å². The number of nitriles is 1. The zero-order chi connectivity index (χ0) is 12.4. The molecule has 7 heteroatoms. The smallest absolute Gasteiger partial charge is 0.339 e. The van der Waals surface area contributed by atoms with Crippen LogP contribution in [0.15, 0.2) is 18.6 Å². The van der Waals surface area contributed by atoms with Gasteiger partial charge in [0.15, 0.2) is 11.5 Å². The van der Waals surface area contributed by atoms with Gasteiger partial charge in [0.25, 0.3) is 0 Å². The first kappa shape index (κ1) is 10.8. The van der Waals surface area contributed by atoms with Crippen LogP contribution in [0.2, 0.25) is 0 Å². The molecular weight excluding hydrogens is 222 g/mol. The van der Waals surface area contributed by atoms with Crippen LogP contribution in [-0.2, 0) is 0 Å². The molecule has 0 atom stereocenters. The molecule has 0 amide bonds. The van der Waals surface area contributed by atoms with Gasteiger partial charge in [0, 0.05) is 18.6 Å². The SMILES string of the molecule is Cc1nn(-c2nccnc2C#N)cc1C(=O)O. The number of hydrogen-bond acceptors (Lipinski definition) is 5. The van der Waals surface area contributed by atoms with Gasteiger partial charge in [0.1, 0.15) is 11.6 Å². The van der Waals surface area contributed by atoms with Gasteiger partial charge in [-0.1, -0.05) is 0 Å². The van der Waals surface area contributed by atoms with Crippen LogP contribution in [0.4, 0.5) is 0 Å². The molecule has 7 nitrogen and oxygen atoms in total. The average molecular weight is 229 g/mol. The van der Waals surface area contributed by atoms with Gasteiger partial charge in [-0.15, -0.1) is 0 Å². The Morgan fingerprint density at radius 3 is 2.76 bits per heavy atom. The van der Waals surface area contributed by atoms with Crippen LogP contribution >= 0.6 is 0 Å². The Hall–Kier alpha value is -2.75. The van der Waals surface area contributed by atoms with E-state index in [9.17, 15) is 4.79 Å². The molecule has 0 spiro atoms. The first-order valence-corrected chi connectivity index (χ1v) is 4.64. The highest BCUT2D eigenvalue weighted by molar-refractivity contribution is 5.88.